The van der Waals surface area contributed by atoms with Gasteiger partial charge in [0.15, 0.2) is 0 Å². The fourth-order valence-corrected chi connectivity index (χ4v) is 2.22. The third kappa shape index (κ3) is 2.30. The van der Waals surface area contributed by atoms with Gasteiger partial charge >= 0.3 is 5.63 Å². The van der Waals surface area contributed by atoms with E-state index in [0.29, 0.717) is 11.3 Å². The van der Waals surface area contributed by atoms with E-state index in [1.807, 2.05) is 37.3 Å². The molecule has 0 saturated carbocycles. The molecular formula is C15H16O3. The minimum Gasteiger partial charge on any atom is -0.507 e. The molecule has 2 aromatic rings. The normalized spacial score (nSPS) is 12.3. The molecule has 0 aliphatic rings. The van der Waals surface area contributed by atoms with Crippen LogP contribution >= 0.6 is 0 Å². The topological polar surface area (TPSA) is 50.4 Å². The van der Waals surface area contributed by atoms with Gasteiger partial charge in [-0.15, -0.1) is 0 Å². The summed E-state index contributed by atoms with van der Waals surface area (Å²) in [6, 6.07) is 11.2. The molecule has 0 aliphatic heterocycles. The summed E-state index contributed by atoms with van der Waals surface area (Å²) in [5.74, 6) is 0.298. The molecule has 1 N–H and O–H groups in total. The van der Waals surface area contributed by atoms with E-state index in [0.717, 1.165) is 12.0 Å². The molecule has 94 valence electrons. The molecular weight excluding hydrogens is 228 g/mol. The van der Waals surface area contributed by atoms with E-state index in [9.17, 15) is 9.90 Å². The summed E-state index contributed by atoms with van der Waals surface area (Å²) < 4.78 is 5.08. The van der Waals surface area contributed by atoms with Gasteiger partial charge in [-0.25, -0.2) is 4.79 Å². The van der Waals surface area contributed by atoms with Gasteiger partial charge in [0.05, 0.1) is 5.56 Å². The summed E-state index contributed by atoms with van der Waals surface area (Å²) >= 11 is 0. The molecule has 0 spiro atoms. The predicted octanol–water partition coefficient (Wildman–Crippen LogP) is 3.20. The van der Waals surface area contributed by atoms with Crippen molar-refractivity contribution < 1.29 is 9.52 Å². The van der Waals surface area contributed by atoms with Gasteiger partial charge in [-0.1, -0.05) is 37.3 Å². The van der Waals surface area contributed by atoms with Crippen molar-refractivity contribution >= 4 is 0 Å². The Balaban J connectivity index is 2.56. The van der Waals surface area contributed by atoms with Crippen molar-refractivity contribution in [2.24, 2.45) is 0 Å². The Hall–Kier alpha value is -2.03. The van der Waals surface area contributed by atoms with Gasteiger partial charge in [0.25, 0.3) is 0 Å². The lowest BCUT2D eigenvalue weighted by molar-refractivity contribution is 0.416. The second-order valence-corrected chi connectivity index (χ2v) is 4.31. The average Bonchev–Trinajstić information content (AvgIpc) is 2.34. The van der Waals surface area contributed by atoms with Crippen LogP contribution in [0.5, 0.6) is 5.75 Å². The zero-order valence-electron chi connectivity index (χ0n) is 10.5. The first-order valence-electron chi connectivity index (χ1n) is 6.02. The Morgan fingerprint density at radius 3 is 2.50 bits per heavy atom. The number of hydrogen-bond donors (Lipinski definition) is 1. The SMILES string of the molecule is CC[C@@H](c1ccccc1)c1c(O)cc(C)oc1=O. The van der Waals surface area contributed by atoms with Crippen LogP contribution in [0.15, 0.2) is 45.6 Å². The van der Waals surface area contributed by atoms with Crippen molar-refractivity contribution in [1.29, 1.82) is 0 Å². The van der Waals surface area contributed by atoms with Crippen molar-refractivity contribution in [2.75, 3.05) is 0 Å². The van der Waals surface area contributed by atoms with Gasteiger partial charge in [-0.2, -0.15) is 0 Å². The molecule has 0 fully saturated rings. The molecule has 1 aromatic heterocycles. The first-order chi connectivity index (χ1) is 8.63. The van der Waals surface area contributed by atoms with E-state index in [4.69, 9.17) is 4.42 Å². The van der Waals surface area contributed by atoms with Gasteiger partial charge < -0.3 is 9.52 Å². The molecule has 0 radical (unpaired) electrons. The lowest BCUT2D eigenvalue weighted by atomic mass is 9.89. The zero-order chi connectivity index (χ0) is 13.1. The van der Waals surface area contributed by atoms with E-state index >= 15 is 0 Å². The Morgan fingerprint density at radius 2 is 1.94 bits per heavy atom. The second-order valence-electron chi connectivity index (χ2n) is 4.31. The van der Waals surface area contributed by atoms with Crippen LogP contribution in [0.1, 0.15) is 36.1 Å². The maximum Gasteiger partial charge on any atom is 0.343 e. The maximum atomic E-state index is 11.9. The highest BCUT2D eigenvalue weighted by molar-refractivity contribution is 5.39. The number of rotatable bonds is 3. The fraction of sp³-hybridized carbons (Fsp3) is 0.267. The van der Waals surface area contributed by atoms with Gasteiger partial charge in [-0.05, 0) is 18.9 Å². The number of aryl methyl sites for hydroxylation is 1. The lowest BCUT2D eigenvalue weighted by Gasteiger charge is -2.15. The first-order valence-corrected chi connectivity index (χ1v) is 6.02. The van der Waals surface area contributed by atoms with Crippen molar-refractivity contribution in [3.05, 3.63) is 63.7 Å². The van der Waals surface area contributed by atoms with Gasteiger partial charge in [-0.3, -0.25) is 0 Å². The van der Waals surface area contributed by atoms with Crippen LogP contribution < -0.4 is 5.63 Å². The first kappa shape index (κ1) is 12.4. The van der Waals surface area contributed by atoms with Crippen molar-refractivity contribution in [2.45, 2.75) is 26.2 Å². The summed E-state index contributed by atoms with van der Waals surface area (Å²) in [5.41, 5.74) is 0.893. The summed E-state index contributed by atoms with van der Waals surface area (Å²) in [6.45, 7) is 3.63. The van der Waals surface area contributed by atoms with E-state index in [1.54, 1.807) is 6.92 Å². The molecule has 1 heterocycles. The van der Waals surface area contributed by atoms with Gasteiger partial charge in [0.2, 0.25) is 0 Å². The third-order valence-corrected chi connectivity index (χ3v) is 3.05. The molecule has 1 aromatic carbocycles. The van der Waals surface area contributed by atoms with Crippen LogP contribution in [-0.4, -0.2) is 5.11 Å². The van der Waals surface area contributed by atoms with Crippen LogP contribution in [0.3, 0.4) is 0 Å². The summed E-state index contributed by atoms with van der Waals surface area (Å²) in [5, 5.41) is 9.98. The van der Waals surface area contributed by atoms with Gasteiger partial charge in [0.1, 0.15) is 11.5 Å². The quantitative estimate of drug-likeness (QED) is 0.902. The van der Waals surface area contributed by atoms with E-state index in [1.165, 1.54) is 6.07 Å². The molecule has 1 atom stereocenters. The zero-order valence-corrected chi connectivity index (χ0v) is 10.5. The molecule has 0 aliphatic carbocycles. The number of benzene rings is 1. The van der Waals surface area contributed by atoms with Gasteiger partial charge in [0, 0.05) is 12.0 Å². The van der Waals surface area contributed by atoms with Crippen LogP contribution in [0.4, 0.5) is 0 Å². The van der Waals surface area contributed by atoms with Crippen LogP contribution in [0.2, 0.25) is 0 Å². The summed E-state index contributed by atoms with van der Waals surface area (Å²) in [4.78, 5) is 11.9. The number of aromatic hydroxyl groups is 1. The van der Waals surface area contributed by atoms with E-state index in [2.05, 4.69) is 0 Å². The molecule has 0 saturated heterocycles. The molecule has 0 unspecified atom stereocenters. The fourth-order valence-electron chi connectivity index (χ4n) is 2.22. The summed E-state index contributed by atoms with van der Waals surface area (Å²) in [7, 11) is 0. The molecule has 2 rings (SSSR count). The highest BCUT2D eigenvalue weighted by Crippen LogP contribution is 2.31. The minimum absolute atomic E-state index is 0.0134. The van der Waals surface area contributed by atoms with E-state index < -0.39 is 5.63 Å². The van der Waals surface area contributed by atoms with Crippen molar-refractivity contribution in [3.8, 4) is 5.75 Å². The monoisotopic (exact) mass is 244 g/mol. The molecule has 0 bridgehead atoms. The van der Waals surface area contributed by atoms with Crippen molar-refractivity contribution in [3.63, 3.8) is 0 Å². The predicted molar refractivity (Wildman–Crippen MR) is 70.0 cm³/mol. The van der Waals surface area contributed by atoms with Crippen LogP contribution in [0, 0.1) is 6.92 Å². The average molecular weight is 244 g/mol. The molecule has 18 heavy (non-hydrogen) atoms. The minimum atomic E-state index is -0.455. The van der Waals surface area contributed by atoms with Crippen LogP contribution in [0.25, 0.3) is 0 Å². The molecule has 0 amide bonds. The standard InChI is InChI=1S/C15H16O3/c1-3-12(11-7-5-4-6-8-11)14-13(16)9-10(2)18-15(14)17/h4-9,12,16H,3H2,1-2H3/t12-/m0/s1. The van der Waals surface area contributed by atoms with Crippen molar-refractivity contribution in [1.82, 2.24) is 0 Å². The van der Waals surface area contributed by atoms with Crippen LogP contribution in [-0.2, 0) is 0 Å². The van der Waals surface area contributed by atoms with E-state index in [-0.39, 0.29) is 11.7 Å². The second kappa shape index (κ2) is 5.08. The molecule has 3 heteroatoms. The Morgan fingerprint density at radius 1 is 1.28 bits per heavy atom. The summed E-state index contributed by atoms with van der Waals surface area (Å²) in [6.07, 6.45) is 0.728. The third-order valence-electron chi connectivity index (χ3n) is 3.05. The largest absolute Gasteiger partial charge is 0.507 e. The molecule has 3 nitrogen and oxygen atoms in total. The maximum absolute atomic E-state index is 11.9. The smallest absolute Gasteiger partial charge is 0.343 e. The Kier molecular flexibility index (Phi) is 3.51. The highest BCUT2D eigenvalue weighted by atomic mass is 16.4. The lowest BCUT2D eigenvalue weighted by Crippen LogP contribution is -2.14. The Bertz CT molecular complexity index is 584. The Labute approximate surface area is 106 Å². The highest BCUT2D eigenvalue weighted by Gasteiger charge is 2.21. The number of hydrogen-bond acceptors (Lipinski definition) is 3.